The molecule has 116 valence electrons. The molecule has 0 heterocycles. The van der Waals surface area contributed by atoms with Crippen LogP contribution < -0.4 is 10.6 Å². The Bertz CT molecular complexity index is 642. The molecule has 2 aromatic carbocycles. The van der Waals surface area contributed by atoms with Crippen LogP contribution in [0.25, 0.3) is 0 Å². The van der Waals surface area contributed by atoms with Crippen LogP contribution in [0.4, 0.5) is 5.69 Å². The summed E-state index contributed by atoms with van der Waals surface area (Å²) >= 11 is 5.98. The lowest BCUT2D eigenvalue weighted by molar-refractivity contribution is -0.117. The van der Waals surface area contributed by atoms with Crippen LogP contribution in [-0.4, -0.2) is 12.5 Å². The van der Waals surface area contributed by atoms with Crippen molar-refractivity contribution >= 4 is 23.2 Å². The van der Waals surface area contributed by atoms with Crippen LogP contribution in [0, 0.1) is 0 Å². The Morgan fingerprint density at radius 3 is 2.68 bits per heavy atom. The van der Waals surface area contributed by atoms with E-state index in [0.29, 0.717) is 5.02 Å². The molecule has 0 bridgehead atoms. The van der Waals surface area contributed by atoms with Gasteiger partial charge in [-0.25, -0.2) is 0 Å². The average molecular weight is 317 g/mol. The molecule has 0 aliphatic rings. The number of halogens is 1. The molecule has 2 N–H and O–H groups in total. The molecule has 4 heteroatoms. The molecule has 0 aliphatic heterocycles. The summed E-state index contributed by atoms with van der Waals surface area (Å²) in [7, 11) is 0. The second-order valence-corrected chi connectivity index (χ2v) is 5.68. The van der Waals surface area contributed by atoms with Gasteiger partial charge in [-0.2, -0.15) is 0 Å². The Balaban J connectivity index is 2.05. The number of rotatable bonds is 6. The molecule has 3 nitrogen and oxygen atoms in total. The quantitative estimate of drug-likeness (QED) is 0.839. The van der Waals surface area contributed by atoms with Gasteiger partial charge in [-0.3, -0.25) is 4.79 Å². The molecule has 0 aromatic heterocycles. The minimum absolute atomic E-state index is 0.0390. The molecule has 2 aromatic rings. The minimum Gasteiger partial charge on any atom is -0.326 e. The fourth-order valence-corrected chi connectivity index (χ4v) is 2.40. The molecule has 0 aliphatic carbocycles. The van der Waals surface area contributed by atoms with Crippen molar-refractivity contribution in [3.05, 3.63) is 64.7 Å². The third-order valence-corrected chi connectivity index (χ3v) is 3.75. The first-order valence-electron chi connectivity index (χ1n) is 7.46. The maximum atomic E-state index is 12.4. The normalized spacial score (nSPS) is 12.0. The second-order valence-electron chi connectivity index (χ2n) is 5.25. The van der Waals surface area contributed by atoms with E-state index >= 15 is 0 Å². The molecule has 1 atom stereocenters. The third-order valence-electron chi connectivity index (χ3n) is 3.52. The third kappa shape index (κ3) is 4.58. The van der Waals surface area contributed by atoms with Crippen LogP contribution >= 0.6 is 11.6 Å². The number of carbonyl (C=O) groups excluding carboxylic acids is 1. The molecule has 0 fully saturated rings. The fraction of sp³-hybridized carbons (Fsp3) is 0.278. The van der Waals surface area contributed by atoms with Crippen LogP contribution in [0.3, 0.4) is 0 Å². The van der Waals surface area contributed by atoms with Gasteiger partial charge in [0, 0.05) is 17.3 Å². The lowest BCUT2D eigenvalue weighted by Gasteiger charge is -2.13. The van der Waals surface area contributed by atoms with Gasteiger partial charge in [-0.1, -0.05) is 42.8 Å². The maximum absolute atomic E-state index is 12.4. The van der Waals surface area contributed by atoms with E-state index in [1.165, 1.54) is 0 Å². The van der Waals surface area contributed by atoms with E-state index in [2.05, 4.69) is 17.6 Å². The number of hydrogen-bond donors (Lipinski definition) is 2. The zero-order valence-corrected chi connectivity index (χ0v) is 13.7. The van der Waals surface area contributed by atoms with Crippen molar-refractivity contribution < 1.29 is 4.79 Å². The fourth-order valence-electron chi connectivity index (χ4n) is 2.21. The molecule has 22 heavy (non-hydrogen) atoms. The maximum Gasteiger partial charge on any atom is 0.231 e. The van der Waals surface area contributed by atoms with Crippen LogP contribution in [0.1, 0.15) is 30.9 Å². The number of hydrogen-bond acceptors (Lipinski definition) is 2. The summed E-state index contributed by atoms with van der Waals surface area (Å²) in [6.07, 6.45) is 0. The number of nitrogens with one attached hydrogen (secondary N) is 2. The van der Waals surface area contributed by atoms with Crippen molar-refractivity contribution in [3.8, 4) is 0 Å². The highest BCUT2D eigenvalue weighted by molar-refractivity contribution is 6.30. The van der Waals surface area contributed by atoms with Crippen molar-refractivity contribution in [3.63, 3.8) is 0 Å². The first-order valence-corrected chi connectivity index (χ1v) is 7.84. The smallest absolute Gasteiger partial charge is 0.231 e. The molecule has 0 spiro atoms. The lowest BCUT2D eigenvalue weighted by atomic mass is 10.0. The first kappa shape index (κ1) is 16.5. The average Bonchev–Trinajstić information content (AvgIpc) is 2.52. The molecule has 0 radical (unpaired) electrons. The van der Waals surface area contributed by atoms with E-state index in [4.69, 9.17) is 11.6 Å². The number of amides is 1. The summed E-state index contributed by atoms with van der Waals surface area (Å²) in [5, 5.41) is 6.88. The van der Waals surface area contributed by atoms with Gasteiger partial charge >= 0.3 is 0 Å². The summed E-state index contributed by atoms with van der Waals surface area (Å²) in [6.45, 7) is 5.66. The van der Waals surface area contributed by atoms with Crippen molar-refractivity contribution in [2.24, 2.45) is 0 Å². The number of benzene rings is 2. The molecular weight excluding hydrogens is 296 g/mol. The van der Waals surface area contributed by atoms with Crippen LogP contribution in [-0.2, 0) is 11.3 Å². The zero-order chi connectivity index (χ0) is 15.9. The van der Waals surface area contributed by atoms with Gasteiger partial charge in [0.25, 0.3) is 0 Å². The van der Waals surface area contributed by atoms with E-state index in [0.717, 1.165) is 29.9 Å². The Morgan fingerprint density at radius 2 is 1.95 bits per heavy atom. The van der Waals surface area contributed by atoms with Gasteiger partial charge < -0.3 is 10.6 Å². The van der Waals surface area contributed by atoms with Gasteiger partial charge in [-0.15, -0.1) is 0 Å². The molecule has 0 saturated carbocycles. The van der Waals surface area contributed by atoms with Gasteiger partial charge in [0.15, 0.2) is 0 Å². The SMILES string of the molecule is CCNCc1cccc(NC(=O)C(C)c2cccc(Cl)c2)c1. The highest BCUT2D eigenvalue weighted by atomic mass is 35.5. The Kier molecular flexibility index (Phi) is 5.99. The number of carbonyl (C=O) groups is 1. The highest BCUT2D eigenvalue weighted by Gasteiger charge is 2.15. The Hall–Kier alpha value is -1.84. The highest BCUT2D eigenvalue weighted by Crippen LogP contribution is 2.21. The van der Waals surface area contributed by atoms with Crippen LogP contribution in [0.2, 0.25) is 5.02 Å². The van der Waals surface area contributed by atoms with Gasteiger partial charge in [0.05, 0.1) is 5.92 Å². The lowest BCUT2D eigenvalue weighted by Crippen LogP contribution is -2.19. The molecule has 2 rings (SSSR count). The van der Waals surface area contributed by atoms with Crippen LogP contribution in [0.5, 0.6) is 0 Å². The molecular formula is C18H21ClN2O. The van der Waals surface area contributed by atoms with Crippen molar-refractivity contribution in [1.29, 1.82) is 0 Å². The van der Waals surface area contributed by atoms with Gasteiger partial charge in [0.2, 0.25) is 5.91 Å². The standard InChI is InChI=1S/C18H21ClN2O/c1-3-20-12-14-6-4-9-17(10-14)21-18(22)13(2)15-7-5-8-16(19)11-15/h4-11,13,20H,3,12H2,1-2H3,(H,21,22). The molecule has 1 amide bonds. The van der Waals surface area contributed by atoms with E-state index in [1.807, 2.05) is 49.4 Å². The van der Waals surface area contributed by atoms with Gasteiger partial charge in [-0.05, 0) is 48.9 Å². The van der Waals surface area contributed by atoms with Crippen molar-refractivity contribution in [1.82, 2.24) is 5.32 Å². The van der Waals surface area contributed by atoms with E-state index in [1.54, 1.807) is 6.07 Å². The summed E-state index contributed by atoms with van der Waals surface area (Å²) in [6, 6.07) is 15.3. The first-order chi connectivity index (χ1) is 10.6. The summed E-state index contributed by atoms with van der Waals surface area (Å²) < 4.78 is 0. The summed E-state index contributed by atoms with van der Waals surface area (Å²) in [5.41, 5.74) is 2.87. The summed E-state index contributed by atoms with van der Waals surface area (Å²) in [4.78, 5) is 12.4. The monoisotopic (exact) mass is 316 g/mol. The Labute approximate surface area is 136 Å². The minimum atomic E-state index is -0.254. The van der Waals surface area contributed by atoms with Crippen molar-refractivity contribution in [2.75, 3.05) is 11.9 Å². The molecule has 0 saturated heterocycles. The predicted octanol–water partition coefficient (Wildman–Crippen LogP) is 4.19. The van der Waals surface area contributed by atoms with Crippen molar-refractivity contribution in [2.45, 2.75) is 26.3 Å². The summed E-state index contributed by atoms with van der Waals surface area (Å²) in [5.74, 6) is -0.293. The largest absolute Gasteiger partial charge is 0.326 e. The topological polar surface area (TPSA) is 41.1 Å². The second kappa shape index (κ2) is 7.97. The Morgan fingerprint density at radius 1 is 1.18 bits per heavy atom. The zero-order valence-electron chi connectivity index (χ0n) is 12.9. The van der Waals surface area contributed by atoms with Gasteiger partial charge in [0.1, 0.15) is 0 Å². The van der Waals surface area contributed by atoms with E-state index < -0.39 is 0 Å². The molecule has 1 unspecified atom stereocenters. The van der Waals surface area contributed by atoms with E-state index in [9.17, 15) is 4.79 Å². The van der Waals surface area contributed by atoms with E-state index in [-0.39, 0.29) is 11.8 Å². The van der Waals surface area contributed by atoms with Crippen LogP contribution in [0.15, 0.2) is 48.5 Å². The predicted molar refractivity (Wildman–Crippen MR) is 92.3 cm³/mol. The number of anilines is 1.